The van der Waals surface area contributed by atoms with Crippen molar-refractivity contribution in [3.63, 3.8) is 0 Å². The lowest BCUT2D eigenvalue weighted by Crippen LogP contribution is -2.40. The summed E-state index contributed by atoms with van der Waals surface area (Å²) in [6.07, 6.45) is 7.93. The Labute approximate surface area is 127 Å². The van der Waals surface area contributed by atoms with Gasteiger partial charge in [0, 0.05) is 0 Å². The predicted octanol–water partition coefficient (Wildman–Crippen LogP) is 6.77. The number of hydrogen-bond acceptors (Lipinski definition) is 0. The average Bonchev–Trinajstić information content (AvgIpc) is 2.56. The molecular formula is C19H32Si. The minimum absolute atomic E-state index is 0.760. The fraction of sp³-hybridized carbons (Fsp3) is 0.579. The van der Waals surface area contributed by atoms with E-state index in [4.69, 9.17) is 0 Å². The van der Waals surface area contributed by atoms with Crippen molar-refractivity contribution in [1.82, 2.24) is 0 Å². The van der Waals surface area contributed by atoms with Gasteiger partial charge in [-0.2, -0.15) is 0 Å². The zero-order valence-corrected chi connectivity index (χ0v) is 14.7. The van der Waals surface area contributed by atoms with Crippen LogP contribution in [-0.2, 0) is 0 Å². The van der Waals surface area contributed by atoms with Crippen LogP contribution in [0.1, 0.15) is 52.0 Å². The molecule has 0 aromatic heterocycles. The Hall–Kier alpha value is -0.823. The first kappa shape index (κ1) is 17.2. The van der Waals surface area contributed by atoms with Gasteiger partial charge in [-0.3, -0.25) is 0 Å². The molecule has 1 unspecified atom stereocenters. The molecule has 0 radical (unpaired) electrons. The third-order valence-electron chi connectivity index (χ3n) is 5.28. The summed E-state index contributed by atoms with van der Waals surface area (Å²) in [5.74, 6) is 0. The molecule has 112 valence electrons. The monoisotopic (exact) mass is 288 g/mol. The van der Waals surface area contributed by atoms with Crippen LogP contribution in [0.4, 0.5) is 0 Å². The quantitative estimate of drug-likeness (QED) is 0.536. The van der Waals surface area contributed by atoms with Crippen molar-refractivity contribution < 1.29 is 0 Å². The fourth-order valence-corrected chi connectivity index (χ4v) is 9.19. The largest absolute Gasteiger partial charge is 0.0985 e. The van der Waals surface area contributed by atoms with Gasteiger partial charge in [0.15, 0.2) is 0 Å². The van der Waals surface area contributed by atoms with E-state index in [2.05, 4.69) is 27.4 Å². The SMILES string of the molecule is C=Cc1ccccc1.CCC1CCCC[Si]1(CC)CC. The highest BCUT2D eigenvalue weighted by molar-refractivity contribution is 6.81. The number of rotatable bonds is 4. The van der Waals surface area contributed by atoms with Crippen LogP contribution >= 0.6 is 0 Å². The molecule has 1 aromatic carbocycles. The summed E-state index contributed by atoms with van der Waals surface area (Å²) in [5.41, 5.74) is 2.34. The maximum atomic E-state index is 3.63. The lowest BCUT2D eigenvalue weighted by molar-refractivity contribution is 0.584. The summed E-state index contributed by atoms with van der Waals surface area (Å²) in [7, 11) is -0.760. The smallest absolute Gasteiger partial charge is 0.0561 e. The second kappa shape index (κ2) is 9.18. The van der Waals surface area contributed by atoms with Crippen molar-refractivity contribution in [3.8, 4) is 0 Å². The van der Waals surface area contributed by atoms with Crippen molar-refractivity contribution in [2.45, 2.75) is 70.1 Å². The Morgan fingerprint density at radius 2 is 1.75 bits per heavy atom. The highest BCUT2D eigenvalue weighted by atomic mass is 28.3. The van der Waals surface area contributed by atoms with E-state index in [1.807, 2.05) is 36.4 Å². The highest BCUT2D eigenvalue weighted by Crippen LogP contribution is 2.44. The summed E-state index contributed by atoms with van der Waals surface area (Å²) < 4.78 is 0. The minimum Gasteiger partial charge on any atom is -0.0985 e. The molecule has 2 rings (SSSR count). The third kappa shape index (κ3) is 4.62. The average molecular weight is 289 g/mol. The zero-order valence-electron chi connectivity index (χ0n) is 13.7. The molecule has 1 aliphatic rings. The summed E-state index contributed by atoms with van der Waals surface area (Å²) >= 11 is 0. The van der Waals surface area contributed by atoms with Gasteiger partial charge in [0.2, 0.25) is 0 Å². The molecule has 1 aromatic rings. The Kier molecular flexibility index (Phi) is 7.90. The molecule has 0 N–H and O–H groups in total. The molecule has 0 bridgehead atoms. The van der Waals surface area contributed by atoms with E-state index >= 15 is 0 Å². The van der Waals surface area contributed by atoms with Gasteiger partial charge in [-0.15, -0.1) is 0 Å². The van der Waals surface area contributed by atoms with Crippen molar-refractivity contribution in [1.29, 1.82) is 0 Å². The topological polar surface area (TPSA) is 0 Å². The van der Waals surface area contributed by atoms with E-state index in [9.17, 15) is 0 Å². The van der Waals surface area contributed by atoms with Crippen molar-refractivity contribution >= 4 is 14.1 Å². The van der Waals surface area contributed by atoms with Gasteiger partial charge in [-0.05, 0) is 11.1 Å². The zero-order chi connectivity index (χ0) is 14.8. The Morgan fingerprint density at radius 3 is 2.15 bits per heavy atom. The molecule has 1 heterocycles. The van der Waals surface area contributed by atoms with Gasteiger partial charge >= 0.3 is 0 Å². The first-order valence-electron chi connectivity index (χ1n) is 8.39. The Bertz CT molecular complexity index is 365. The van der Waals surface area contributed by atoms with Gasteiger partial charge in [0.1, 0.15) is 0 Å². The van der Waals surface area contributed by atoms with E-state index in [-0.39, 0.29) is 0 Å². The van der Waals surface area contributed by atoms with Gasteiger partial charge in [-0.25, -0.2) is 0 Å². The van der Waals surface area contributed by atoms with Gasteiger partial charge in [0.25, 0.3) is 0 Å². The fourth-order valence-electron chi connectivity index (χ4n) is 3.79. The number of hydrogen-bond donors (Lipinski definition) is 0. The summed E-state index contributed by atoms with van der Waals surface area (Å²) in [5, 5.41) is 0. The van der Waals surface area contributed by atoms with E-state index in [1.54, 1.807) is 31.0 Å². The Balaban J connectivity index is 0.000000217. The molecule has 1 heteroatoms. The summed E-state index contributed by atoms with van der Waals surface area (Å²) in [4.78, 5) is 0. The molecule has 1 saturated heterocycles. The molecule has 0 aliphatic carbocycles. The van der Waals surface area contributed by atoms with Crippen LogP contribution < -0.4 is 0 Å². The van der Waals surface area contributed by atoms with Crippen LogP contribution in [0.3, 0.4) is 0 Å². The summed E-state index contributed by atoms with van der Waals surface area (Å²) in [6, 6.07) is 14.8. The van der Waals surface area contributed by atoms with Crippen LogP contribution in [0.2, 0.25) is 23.7 Å². The summed E-state index contributed by atoms with van der Waals surface area (Å²) in [6.45, 7) is 10.9. The lowest BCUT2D eigenvalue weighted by Gasteiger charge is -2.41. The van der Waals surface area contributed by atoms with Crippen molar-refractivity contribution in [2.24, 2.45) is 0 Å². The van der Waals surface area contributed by atoms with Crippen LogP contribution in [0.25, 0.3) is 6.08 Å². The van der Waals surface area contributed by atoms with Gasteiger partial charge < -0.3 is 0 Å². The molecule has 0 nitrogen and oxygen atoms in total. The molecule has 1 aliphatic heterocycles. The maximum absolute atomic E-state index is 3.63. The number of benzene rings is 1. The normalized spacial score (nSPS) is 20.6. The molecule has 1 atom stereocenters. The Morgan fingerprint density at radius 1 is 1.10 bits per heavy atom. The standard InChI is InChI=1S/C11H24Si.C8H8/c1-4-11-9-7-8-10-12(11,5-2)6-3;1-2-8-6-4-3-5-7-8/h11H,4-10H2,1-3H3;2-7H,1H2. The van der Waals surface area contributed by atoms with Crippen molar-refractivity contribution in [3.05, 3.63) is 42.5 Å². The van der Waals surface area contributed by atoms with Crippen LogP contribution in [0.15, 0.2) is 36.9 Å². The second-order valence-corrected chi connectivity index (χ2v) is 11.5. The van der Waals surface area contributed by atoms with Crippen LogP contribution in [0.5, 0.6) is 0 Å². The molecular weight excluding hydrogens is 256 g/mol. The minimum atomic E-state index is -0.760. The first-order valence-corrected chi connectivity index (χ1v) is 11.1. The second-order valence-electron chi connectivity index (χ2n) is 6.04. The van der Waals surface area contributed by atoms with E-state index in [0.717, 1.165) is 0 Å². The van der Waals surface area contributed by atoms with Crippen LogP contribution in [-0.4, -0.2) is 8.07 Å². The van der Waals surface area contributed by atoms with Gasteiger partial charge in [0.05, 0.1) is 8.07 Å². The van der Waals surface area contributed by atoms with Crippen LogP contribution in [0, 0.1) is 0 Å². The molecule has 0 amide bonds. The van der Waals surface area contributed by atoms with E-state index in [1.165, 1.54) is 23.9 Å². The van der Waals surface area contributed by atoms with E-state index in [0.29, 0.717) is 0 Å². The van der Waals surface area contributed by atoms with E-state index < -0.39 is 8.07 Å². The van der Waals surface area contributed by atoms with Gasteiger partial charge in [-0.1, -0.05) is 108 Å². The highest BCUT2D eigenvalue weighted by Gasteiger charge is 2.38. The molecule has 0 spiro atoms. The third-order valence-corrected chi connectivity index (χ3v) is 11.9. The molecule has 0 saturated carbocycles. The molecule has 1 fully saturated rings. The first-order chi connectivity index (χ1) is 9.72. The molecule has 20 heavy (non-hydrogen) atoms. The maximum Gasteiger partial charge on any atom is 0.0561 e. The van der Waals surface area contributed by atoms with Crippen molar-refractivity contribution in [2.75, 3.05) is 0 Å². The predicted molar refractivity (Wildman–Crippen MR) is 95.9 cm³/mol. The lowest BCUT2D eigenvalue weighted by atomic mass is 10.1.